The van der Waals surface area contributed by atoms with Crippen molar-refractivity contribution in [2.45, 2.75) is 18.9 Å². The van der Waals surface area contributed by atoms with Gasteiger partial charge in [-0.2, -0.15) is 11.3 Å². The van der Waals surface area contributed by atoms with Gasteiger partial charge < -0.3 is 4.90 Å². The highest BCUT2D eigenvalue weighted by Crippen LogP contribution is 2.31. The standard InChI is InChI=1S/C13H13N3OS/c17-13(10-3-7-18-9-10)16-6-1-2-12(16)11-8-14-4-5-15-11/h3-5,7-9,12H,1-2,6H2/t12-/m0/s1. The molecule has 18 heavy (non-hydrogen) atoms. The molecular formula is C13H13N3OS. The lowest BCUT2D eigenvalue weighted by Crippen LogP contribution is -2.30. The molecule has 0 radical (unpaired) electrons. The second-order valence-corrected chi connectivity index (χ2v) is 5.08. The third kappa shape index (κ3) is 2.01. The molecule has 3 heterocycles. The summed E-state index contributed by atoms with van der Waals surface area (Å²) in [5.41, 5.74) is 1.66. The zero-order valence-corrected chi connectivity index (χ0v) is 10.6. The maximum Gasteiger partial charge on any atom is 0.255 e. The van der Waals surface area contributed by atoms with Crippen LogP contribution in [-0.4, -0.2) is 27.3 Å². The predicted molar refractivity (Wildman–Crippen MR) is 69.4 cm³/mol. The lowest BCUT2D eigenvalue weighted by Gasteiger charge is -2.23. The summed E-state index contributed by atoms with van der Waals surface area (Å²) in [6, 6.07) is 1.95. The molecule has 1 amide bonds. The largest absolute Gasteiger partial charge is 0.330 e. The summed E-state index contributed by atoms with van der Waals surface area (Å²) < 4.78 is 0. The quantitative estimate of drug-likeness (QED) is 0.832. The monoisotopic (exact) mass is 259 g/mol. The smallest absolute Gasteiger partial charge is 0.255 e. The number of hydrogen-bond donors (Lipinski definition) is 0. The fourth-order valence-corrected chi connectivity index (χ4v) is 2.98. The second kappa shape index (κ2) is 4.86. The van der Waals surface area contributed by atoms with E-state index < -0.39 is 0 Å². The van der Waals surface area contributed by atoms with Crippen molar-refractivity contribution in [1.29, 1.82) is 0 Å². The van der Waals surface area contributed by atoms with Crippen molar-refractivity contribution in [2.24, 2.45) is 0 Å². The number of rotatable bonds is 2. The molecular weight excluding hydrogens is 246 g/mol. The fraction of sp³-hybridized carbons (Fsp3) is 0.308. The molecule has 0 saturated carbocycles. The maximum atomic E-state index is 12.4. The SMILES string of the molecule is O=C(c1ccsc1)N1CCC[C@H]1c1cnccn1. The van der Waals surface area contributed by atoms with E-state index in [0.717, 1.165) is 30.6 Å². The van der Waals surface area contributed by atoms with Crippen molar-refractivity contribution >= 4 is 17.2 Å². The summed E-state index contributed by atoms with van der Waals surface area (Å²) in [6.45, 7) is 0.802. The number of thiophene rings is 1. The molecule has 92 valence electrons. The van der Waals surface area contributed by atoms with Gasteiger partial charge in [0, 0.05) is 24.3 Å². The van der Waals surface area contributed by atoms with Crippen LogP contribution in [0.15, 0.2) is 35.4 Å². The van der Waals surface area contributed by atoms with Gasteiger partial charge in [0.1, 0.15) is 0 Å². The summed E-state index contributed by atoms with van der Waals surface area (Å²) in [5.74, 6) is 0.101. The van der Waals surface area contributed by atoms with Crippen LogP contribution in [0.25, 0.3) is 0 Å². The second-order valence-electron chi connectivity index (χ2n) is 4.30. The normalized spacial score (nSPS) is 19.1. The van der Waals surface area contributed by atoms with Crippen LogP contribution in [0.4, 0.5) is 0 Å². The number of carbonyl (C=O) groups is 1. The first-order chi connectivity index (χ1) is 8.86. The van der Waals surface area contributed by atoms with Gasteiger partial charge in [-0.1, -0.05) is 0 Å². The van der Waals surface area contributed by atoms with Gasteiger partial charge >= 0.3 is 0 Å². The van der Waals surface area contributed by atoms with E-state index >= 15 is 0 Å². The Morgan fingerprint density at radius 3 is 3.11 bits per heavy atom. The zero-order chi connectivity index (χ0) is 12.4. The molecule has 0 bridgehead atoms. The first-order valence-electron chi connectivity index (χ1n) is 5.95. The van der Waals surface area contributed by atoms with Gasteiger partial charge in [-0.3, -0.25) is 14.8 Å². The van der Waals surface area contributed by atoms with Gasteiger partial charge in [-0.25, -0.2) is 0 Å². The van der Waals surface area contributed by atoms with Gasteiger partial charge in [0.15, 0.2) is 0 Å². The topological polar surface area (TPSA) is 46.1 Å². The minimum atomic E-state index is 0.0751. The van der Waals surface area contributed by atoms with Crippen LogP contribution < -0.4 is 0 Å². The Labute approximate surface area is 109 Å². The molecule has 1 atom stereocenters. The molecule has 2 aromatic rings. The van der Waals surface area contributed by atoms with Crippen LogP contribution in [0.5, 0.6) is 0 Å². The molecule has 1 aliphatic rings. The van der Waals surface area contributed by atoms with Crippen molar-refractivity contribution in [2.75, 3.05) is 6.54 Å². The summed E-state index contributed by atoms with van der Waals surface area (Å²) in [7, 11) is 0. The first-order valence-corrected chi connectivity index (χ1v) is 6.89. The number of amides is 1. The van der Waals surface area contributed by atoms with Crippen LogP contribution in [0, 0.1) is 0 Å². The first kappa shape index (κ1) is 11.3. The summed E-state index contributed by atoms with van der Waals surface area (Å²) in [5, 5.41) is 3.83. The van der Waals surface area contributed by atoms with E-state index in [1.54, 1.807) is 29.9 Å². The van der Waals surface area contributed by atoms with Crippen molar-refractivity contribution in [3.05, 3.63) is 46.7 Å². The van der Waals surface area contributed by atoms with Crippen LogP contribution in [0.1, 0.15) is 34.9 Å². The van der Waals surface area contributed by atoms with Gasteiger partial charge in [0.05, 0.1) is 23.5 Å². The highest BCUT2D eigenvalue weighted by molar-refractivity contribution is 7.08. The van der Waals surface area contributed by atoms with Gasteiger partial charge in [-0.05, 0) is 24.3 Å². The van der Waals surface area contributed by atoms with E-state index in [1.165, 1.54) is 0 Å². The van der Waals surface area contributed by atoms with Crippen molar-refractivity contribution < 1.29 is 4.79 Å². The summed E-state index contributed by atoms with van der Waals surface area (Å²) in [6.07, 6.45) is 7.08. The molecule has 0 aliphatic carbocycles. The van der Waals surface area contributed by atoms with Crippen molar-refractivity contribution in [1.82, 2.24) is 14.9 Å². The van der Waals surface area contributed by atoms with E-state index in [-0.39, 0.29) is 11.9 Å². The Bertz CT molecular complexity index is 526. The molecule has 1 fully saturated rings. The van der Waals surface area contributed by atoms with E-state index in [9.17, 15) is 4.79 Å². The maximum absolute atomic E-state index is 12.4. The molecule has 5 heteroatoms. The summed E-state index contributed by atoms with van der Waals surface area (Å²) in [4.78, 5) is 22.7. The Hall–Kier alpha value is -1.75. The molecule has 0 spiro atoms. The number of nitrogens with zero attached hydrogens (tertiary/aromatic N) is 3. The number of likely N-dealkylation sites (tertiary alicyclic amines) is 1. The fourth-order valence-electron chi connectivity index (χ4n) is 2.35. The Morgan fingerprint density at radius 2 is 2.39 bits per heavy atom. The predicted octanol–water partition coefficient (Wildman–Crippen LogP) is 2.52. The highest BCUT2D eigenvalue weighted by Gasteiger charge is 2.31. The summed E-state index contributed by atoms with van der Waals surface area (Å²) >= 11 is 1.55. The van der Waals surface area contributed by atoms with Crippen LogP contribution in [0.3, 0.4) is 0 Å². The molecule has 3 rings (SSSR count). The molecule has 0 N–H and O–H groups in total. The van der Waals surface area contributed by atoms with E-state index in [2.05, 4.69) is 9.97 Å². The molecule has 0 aromatic carbocycles. The third-order valence-corrected chi connectivity index (χ3v) is 3.89. The molecule has 2 aromatic heterocycles. The van der Waals surface area contributed by atoms with Gasteiger partial charge in [0.2, 0.25) is 0 Å². The number of carbonyl (C=O) groups excluding carboxylic acids is 1. The molecule has 1 aliphatic heterocycles. The molecule has 4 nitrogen and oxygen atoms in total. The van der Waals surface area contributed by atoms with Crippen LogP contribution in [-0.2, 0) is 0 Å². The van der Waals surface area contributed by atoms with E-state index in [4.69, 9.17) is 0 Å². The van der Waals surface area contributed by atoms with E-state index in [1.807, 2.05) is 21.7 Å². The Morgan fingerprint density at radius 1 is 1.44 bits per heavy atom. The average Bonchev–Trinajstić information content (AvgIpc) is 3.10. The lowest BCUT2D eigenvalue weighted by molar-refractivity contribution is 0.0733. The van der Waals surface area contributed by atoms with Crippen molar-refractivity contribution in [3.63, 3.8) is 0 Å². The Kier molecular flexibility index (Phi) is 3.06. The van der Waals surface area contributed by atoms with Crippen LogP contribution in [0.2, 0.25) is 0 Å². The van der Waals surface area contributed by atoms with E-state index in [0.29, 0.717) is 0 Å². The van der Waals surface area contributed by atoms with Crippen molar-refractivity contribution in [3.8, 4) is 0 Å². The van der Waals surface area contributed by atoms with Gasteiger partial charge in [-0.15, -0.1) is 0 Å². The minimum Gasteiger partial charge on any atom is -0.330 e. The molecule has 0 unspecified atom stereocenters. The minimum absolute atomic E-state index is 0.0751. The third-order valence-electron chi connectivity index (χ3n) is 3.21. The average molecular weight is 259 g/mol. The highest BCUT2D eigenvalue weighted by atomic mass is 32.1. The van der Waals surface area contributed by atoms with Gasteiger partial charge in [0.25, 0.3) is 5.91 Å². The lowest BCUT2D eigenvalue weighted by atomic mass is 10.1. The number of aromatic nitrogens is 2. The Balaban J connectivity index is 1.86. The zero-order valence-electron chi connectivity index (χ0n) is 9.82. The molecule has 1 saturated heterocycles. The number of hydrogen-bond acceptors (Lipinski definition) is 4. The van der Waals surface area contributed by atoms with Crippen LogP contribution >= 0.6 is 11.3 Å².